The summed E-state index contributed by atoms with van der Waals surface area (Å²) in [7, 11) is 1.63. The second kappa shape index (κ2) is 7.87. The highest BCUT2D eigenvalue weighted by molar-refractivity contribution is 6.30. The Bertz CT molecular complexity index is 460. The monoisotopic (exact) mass is 312 g/mol. The maximum absolute atomic E-state index is 6.14. The summed E-state index contributed by atoms with van der Waals surface area (Å²) in [6.07, 6.45) is 3.30. The molecule has 2 rings (SSSR count). The van der Waals surface area contributed by atoms with Crippen LogP contribution in [0.1, 0.15) is 25.3 Å². The summed E-state index contributed by atoms with van der Waals surface area (Å²) < 4.78 is 11.4. The number of ether oxygens (including phenoxy) is 2. The molecule has 1 saturated heterocycles. The molecule has 1 fully saturated rings. The van der Waals surface area contributed by atoms with Gasteiger partial charge in [0, 0.05) is 29.2 Å². The highest BCUT2D eigenvalue weighted by atomic mass is 35.5. The summed E-state index contributed by atoms with van der Waals surface area (Å²) in [4.78, 5) is 2.42. The fourth-order valence-corrected chi connectivity index (χ4v) is 2.95. The Hall–Kier alpha value is -0.970. The van der Waals surface area contributed by atoms with Gasteiger partial charge < -0.3 is 15.2 Å². The SMILES string of the molecule is COc1cc(Cl)cc(CC(C)N)c1OCCN1CCCC1. The molecular weight excluding hydrogens is 288 g/mol. The van der Waals surface area contributed by atoms with Gasteiger partial charge in [-0.05, 0) is 45.3 Å². The maximum atomic E-state index is 6.14. The number of rotatable bonds is 7. The Morgan fingerprint density at radius 1 is 1.33 bits per heavy atom. The Morgan fingerprint density at radius 2 is 2.05 bits per heavy atom. The summed E-state index contributed by atoms with van der Waals surface area (Å²) in [6.45, 7) is 5.93. The minimum atomic E-state index is 0.0501. The van der Waals surface area contributed by atoms with Crippen LogP contribution in [-0.2, 0) is 6.42 Å². The number of nitrogens with zero attached hydrogens (tertiary/aromatic N) is 1. The largest absolute Gasteiger partial charge is 0.493 e. The molecule has 1 atom stereocenters. The number of hydrogen-bond donors (Lipinski definition) is 1. The molecule has 0 aromatic heterocycles. The third kappa shape index (κ3) is 4.77. The zero-order chi connectivity index (χ0) is 15.2. The molecule has 1 aromatic carbocycles. The summed E-state index contributed by atoms with van der Waals surface area (Å²) >= 11 is 6.14. The van der Waals surface area contributed by atoms with E-state index in [4.69, 9.17) is 26.8 Å². The lowest BCUT2D eigenvalue weighted by Crippen LogP contribution is -2.25. The van der Waals surface area contributed by atoms with Crippen molar-refractivity contribution in [3.8, 4) is 11.5 Å². The molecule has 21 heavy (non-hydrogen) atoms. The molecule has 0 radical (unpaired) electrons. The molecule has 0 bridgehead atoms. The topological polar surface area (TPSA) is 47.7 Å². The lowest BCUT2D eigenvalue weighted by Gasteiger charge is -2.19. The van der Waals surface area contributed by atoms with Crippen LogP contribution in [0.3, 0.4) is 0 Å². The fraction of sp³-hybridized carbons (Fsp3) is 0.625. The van der Waals surface area contributed by atoms with Crippen LogP contribution in [0.4, 0.5) is 0 Å². The van der Waals surface area contributed by atoms with Gasteiger partial charge in [0.05, 0.1) is 7.11 Å². The van der Waals surface area contributed by atoms with E-state index in [1.54, 1.807) is 13.2 Å². The summed E-state index contributed by atoms with van der Waals surface area (Å²) in [5, 5.41) is 0.648. The van der Waals surface area contributed by atoms with Crippen LogP contribution in [0.5, 0.6) is 11.5 Å². The van der Waals surface area contributed by atoms with Gasteiger partial charge in [0.2, 0.25) is 0 Å². The normalized spacial score (nSPS) is 17.0. The van der Waals surface area contributed by atoms with Crippen molar-refractivity contribution in [1.82, 2.24) is 4.90 Å². The Balaban J connectivity index is 2.06. The first-order chi connectivity index (χ1) is 10.1. The van der Waals surface area contributed by atoms with Crippen LogP contribution in [0, 0.1) is 0 Å². The summed E-state index contributed by atoms with van der Waals surface area (Å²) in [5.41, 5.74) is 6.93. The third-order valence-corrected chi connectivity index (χ3v) is 3.93. The predicted octanol–water partition coefficient (Wildman–Crippen LogP) is 2.71. The van der Waals surface area contributed by atoms with Gasteiger partial charge in [-0.2, -0.15) is 0 Å². The van der Waals surface area contributed by atoms with E-state index in [1.807, 2.05) is 13.0 Å². The molecule has 2 N–H and O–H groups in total. The minimum Gasteiger partial charge on any atom is -0.493 e. The van der Waals surface area contributed by atoms with Crippen molar-refractivity contribution in [1.29, 1.82) is 0 Å². The van der Waals surface area contributed by atoms with E-state index in [0.717, 1.165) is 24.3 Å². The van der Waals surface area contributed by atoms with E-state index in [0.29, 0.717) is 17.4 Å². The standard InChI is InChI=1S/C16H25ClN2O2/c1-12(18)9-13-10-14(17)11-15(20-2)16(13)21-8-7-19-5-3-4-6-19/h10-12H,3-9,18H2,1-2H3. The van der Waals surface area contributed by atoms with E-state index in [-0.39, 0.29) is 6.04 Å². The lowest BCUT2D eigenvalue weighted by atomic mass is 10.1. The van der Waals surface area contributed by atoms with Gasteiger partial charge in [-0.3, -0.25) is 4.90 Å². The quantitative estimate of drug-likeness (QED) is 0.841. The minimum absolute atomic E-state index is 0.0501. The van der Waals surface area contributed by atoms with Crippen LogP contribution in [0.15, 0.2) is 12.1 Å². The number of nitrogens with two attached hydrogens (primary N) is 1. The molecule has 0 saturated carbocycles. The second-order valence-corrected chi connectivity index (χ2v) is 6.11. The van der Waals surface area contributed by atoms with Crippen molar-refractivity contribution in [2.45, 2.75) is 32.2 Å². The van der Waals surface area contributed by atoms with Crippen LogP contribution in [-0.4, -0.2) is 44.3 Å². The molecule has 0 spiro atoms. The molecule has 1 aromatic rings. The van der Waals surface area contributed by atoms with Crippen LogP contribution < -0.4 is 15.2 Å². The first-order valence-electron chi connectivity index (χ1n) is 7.57. The molecule has 5 heteroatoms. The number of halogens is 1. The van der Waals surface area contributed by atoms with Gasteiger partial charge in [0.1, 0.15) is 6.61 Å². The van der Waals surface area contributed by atoms with E-state index in [2.05, 4.69) is 4.90 Å². The Morgan fingerprint density at radius 3 is 2.67 bits per heavy atom. The van der Waals surface area contributed by atoms with Gasteiger partial charge in [0.15, 0.2) is 11.5 Å². The second-order valence-electron chi connectivity index (χ2n) is 5.67. The van der Waals surface area contributed by atoms with Crippen molar-refractivity contribution >= 4 is 11.6 Å². The molecule has 0 amide bonds. The average Bonchev–Trinajstić information content (AvgIpc) is 2.93. The third-order valence-electron chi connectivity index (χ3n) is 3.71. The first-order valence-corrected chi connectivity index (χ1v) is 7.95. The molecule has 0 aliphatic carbocycles. The van der Waals surface area contributed by atoms with Crippen LogP contribution in [0.2, 0.25) is 5.02 Å². The van der Waals surface area contributed by atoms with Crippen molar-refractivity contribution in [3.63, 3.8) is 0 Å². The van der Waals surface area contributed by atoms with E-state index in [1.165, 1.54) is 25.9 Å². The molecular formula is C16H25ClN2O2. The zero-order valence-electron chi connectivity index (χ0n) is 12.9. The molecule has 118 valence electrons. The number of likely N-dealkylation sites (tertiary alicyclic amines) is 1. The molecule has 1 aliphatic heterocycles. The van der Waals surface area contributed by atoms with Crippen molar-refractivity contribution in [2.75, 3.05) is 33.4 Å². The average molecular weight is 313 g/mol. The van der Waals surface area contributed by atoms with E-state index in [9.17, 15) is 0 Å². The number of methoxy groups -OCH3 is 1. The van der Waals surface area contributed by atoms with Gasteiger partial charge in [0.25, 0.3) is 0 Å². The van der Waals surface area contributed by atoms with E-state index >= 15 is 0 Å². The number of hydrogen-bond acceptors (Lipinski definition) is 4. The van der Waals surface area contributed by atoms with Crippen molar-refractivity contribution in [3.05, 3.63) is 22.7 Å². The zero-order valence-corrected chi connectivity index (χ0v) is 13.7. The Labute approximate surface area is 132 Å². The van der Waals surface area contributed by atoms with Gasteiger partial charge in [-0.15, -0.1) is 0 Å². The highest BCUT2D eigenvalue weighted by Gasteiger charge is 2.16. The first kappa shape index (κ1) is 16.4. The lowest BCUT2D eigenvalue weighted by molar-refractivity contribution is 0.228. The fourth-order valence-electron chi connectivity index (χ4n) is 2.72. The summed E-state index contributed by atoms with van der Waals surface area (Å²) in [6, 6.07) is 3.75. The van der Waals surface area contributed by atoms with Crippen LogP contribution >= 0.6 is 11.6 Å². The smallest absolute Gasteiger partial charge is 0.164 e. The maximum Gasteiger partial charge on any atom is 0.164 e. The van der Waals surface area contributed by atoms with Gasteiger partial charge in [-0.25, -0.2) is 0 Å². The number of benzene rings is 1. The van der Waals surface area contributed by atoms with Crippen molar-refractivity contribution in [2.24, 2.45) is 5.73 Å². The molecule has 4 nitrogen and oxygen atoms in total. The van der Waals surface area contributed by atoms with Crippen LogP contribution in [0.25, 0.3) is 0 Å². The Kier molecular flexibility index (Phi) is 6.15. The predicted molar refractivity (Wildman–Crippen MR) is 86.5 cm³/mol. The van der Waals surface area contributed by atoms with E-state index < -0.39 is 0 Å². The van der Waals surface area contributed by atoms with Gasteiger partial charge >= 0.3 is 0 Å². The molecule has 1 aliphatic rings. The summed E-state index contributed by atoms with van der Waals surface area (Å²) in [5.74, 6) is 1.46. The molecule has 1 unspecified atom stereocenters. The van der Waals surface area contributed by atoms with Crippen molar-refractivity contribution < 1.29 is 9.47 Å². The van der Waals surface area contributed by atoms with Gasteiger partial charge in [-0.1, -0.05) is 11.6 Å². The molecule has 1 heterocycles. The highest BCUT2D eigenvalue weighted by Crippen LogP contribution is 2.35.